The molecule has 0 aliphatic carbocycles. The van der Waals surface area contributed by atoms with E-state index in [2.05, 4.69) is 4.98 Å². The van der Waals surface area contributed by atoms with Crippen molar-refractivity contribution in [3.63, 3.8) is 0 Å². The van der Waals surface area contributed by atoms with Crippen LogP contribution in [0.4, 0.5) is 0 Å². The van der Waals surface area contributed by atoms with Gasteiger partial charge in [0.25, 0.3) is 11.5 Å². The number of nitrogens with one attached hydrogen (secondary N) is 1. The van der Waals surface area contributed by atoms with Gasteiger partial charge in [0.05, 0.1) is 25.9 Å². The summed E-state index contributed by atoms with van der Waals surface area (Å²) in [5.74, 6) is -0.114. The summed E-state index contributed by atoms with van der Waals surface area (Å²) in [7, 11) is 0. The van der Waals surface area contributed by atoms with Gasteiger partial charge < -0.3 is 19.7 Å². The Kier molecular flexibility index (Phi) is 4.75. The number of nitrogens with zero attached hydrogens (tertiary/aromatic N) is 1. The molecule has 0 radical (unpaired) electrons. The van der Waals surface area contributed by atoms with Crippen LogP contribution in [-0.2, 0) is 4.74 Å². The first-order chi connectivity index (χ1) is 13.2. The highest BCUT2D eigenvalue weighted by Crippen LogP contribution is 2.25. The Bertz CT molecular complexity index is 1040. The molecule has 27 heavy (non-hydrogen) atoms. The number of aromatic nitrogens is 1. The Morgan fingerprint density at radius 1 is 1.19 bits per heavy atom. The Hall–Kier alpha value is -2.96. The number of rotatable bonds is 3. The number of ether oxygens (including phenoxy) is 1. The summed E-state index contributed by atoms with van der Waals surface area (Å²) in [5, 5.41) is 11.0. The zero-order chi connectivity index (χ0) is 18.8. The summed E-state index contributed by atoms with van der Waals surface area (Å²) in [6.45, 7) is 1.17. The van der Waals surface area contributed by atoms with Gasteiger partial charge in [-0.3, -0.25) is 9.59 Å². The first-order valence-electron chi connectivity index (χ1n) is 8.89. The second-order valence-electron chi connectivity index (χ2n) is 6.60. The summed E-state index contributed by atoms with van der Waals surface area (Å²) in [5.41, 5.74) is 2.28. The van der Waals surface area contributed by atoms with Crippen molar-refractivity contribution in [1.29, 1.82) is 0 Å². The molecule has 4 rings (SSSR count). The molecule has 1 saturated heterocycles. The lowest BCUT2D eigenvalue weighted by Crippen LogP contribution is -2.50. The number of carbonyl (C=O) groups excluding carboxylic acids is 1. The standard InChI is InChI=1S/C21H20N2O4/c24-12-18-13-27-9-8-23(18)21(26)17-3-1-2-14(11-17)15-4-5-19-16(10-15)6-7-22-20(19)25/h1-7,10-11,18,24H,8-9,12-13H2,(H,22,25). The van der Waals surface area contributed by atoms with Crippen molar-refractivity contribution in [1.82, 2.24) is 9.88 Å². The van der Waals surface area contributed by atoms with Crippen LogP contribution in [0.2, 0.25) is 0 Å². The number of morpholine rings is 1. The molecule has 1 unspecified atom stereocenters. The van der Waals surface area contributed by atoms with E-state index in [1.807, 2.05) is 36.4 Å². The fraction of sp³-hybridized carbons (Fsp3) is 0.238. The fourth-order valence-corrected chi connectivity index (χ4v) is 3.44. The van der Waals surface area contributed by atoms with Gasteiger partial charge in [-0.1, -0.05) is 18.2 Å². The molecule has 138 valence electrons. The van der Waals surface area contributed by atoms with Crippen LogP contribution >= 0.6 is 0 Å². The van der Waals surface area contributed by atoms with E-state index in [0.717, 1.165) is 16.5 Å². The number of pyridine rings is 1. The van der Waals surface area contributed by atoms with E-state index in [4.69, 9.17) is 4.74 Å². The zero-order valence-electron chi connectivity index (χ0n) is 14.7. The molecule has 2 aromatic carbocycles. The van der Waals surface area contributed by atoms with Crippen LogP contribution in [0.3, 0.4) is 0 Å². The number of carbonyl (C=O) groups is 1. The molecule has 0 spiro atoms. The van der Waals surface area contributed by atoms with Gasteiger partial charge in [-0.2, -0.15) is 0 Å². The first kappa shape index (κ1) is 17.5. The van der Waals surface area contributed by atoms with Gasteiger partial charge in [0.2, 0.25) is 0 Å². The Morgan fingerprint density at radius 2 is 2.04 bits per heavy atom. The van der Waals surface area contributed by atoms with Gasteiger partial charge in [-0.15, -0.1) is 0 Å². The highest BCUT2D eigenvalue weighted by atomic mass is 16.5. The number of amides is 1. The number of benzene rings is 2. The van der Waals surface area contributed by atoms with Gasteiger partial charge in [0.15, 0.2) is 0 Å². The Labute approximate surface area is 156 Å². The van der Waals surface area contributed by atoms with Crippen LogP contribution in [0.1, 0.15) is 10.4 Å². The zero-order valence-corrected chi connectivity index (χ0v) is 14.7. The van der Waals surface area contributed by atoms with Gasteiger partial charge in [0, 0.05) is 23.7 Å². The van der Waals surface area contributed by atoms with Crippen LogP contribution < -0.4 is 5.56 Å². The van der Waals surface area contributed by atoms with Crippen molar-refractivity contribution in [3.05, 3.63) is 70.6 Å². The smallest absolute Gasteiger partial charge is 0.255 e. The van der Waals surface area contributed by atoms with Crippen molar-refractivity contribution < 1.29 is 14.6 Å². The van der Waals surface area contributed by atoms with Crippen molar-refractivity contribution >= 4 is 16.7 Å². The number of aliphatic hydroxyl groups excluding tert-OH is 1. The second kappa shape index (κ2) is 7.34. The quantitative estimate of drug-likeness (QED) is 0.745. The third-order valence-corrected chi connectivity index (χ3v) is 4.92. The molecule has 1 aliphatic rings. The normalized spacial score (nSPS) is 17.2. The maximum absolute atomic E-state index is 12.9. The average molecular weight is 364 g/mol. The molecule has 1 amide bonds. The Morgan fingerprint density at radius 3 is 2.89 bits per heavy atom. The highest BCUT2D eigenvalue weighted by molar-refractivity contribution is 5.96. The molecular formula is C21H20N2O4. The monoisotopic (exact) mass is 364 g/mol. The van der Waals surface area contributed by atoms with Crippen molar-refractivity contribution in [2.75, 3.05) is 26.4 Å². The van der Waals surface area contributed by atoms with Gasteiger partial charge in [0.1, 0.15) is 0 Å². The molecule has 1 aromatic heterocycles. The van der Waals surface area contributed by atoms with Gasteiger partial charge in [-0.25, -0.2) is 0 Å². The molecular weight excluding hydrogens is 344 g/mol. The molecule has 1 aliphatic heterocycles. The number of H-pyrrole nitrogens is 1. The maximum Gasteiger partial charge on any atom is 0.255 e. The third-order valence-electron chi connectivity index (χ3n) is 4.92. The minimum absolute atomic E-state index is 0.114. The predicted molar refractivity (Wildman–Crippen MR) is 103 cm³/mol. The summed E-state index contributed by atoms with van der Waals surface area (Å²) in [6.07, 6.45) is 1.63. The van der Waals surface area contributed by atoms with Gasteiger partial charge >= 0.3 is 0 Å². The van der Waals surface area contributed by atoms with Crippen molar-refractivity contribution in [2.45, 2.75) is 6.04 Å². The molecule has 3 aromatic rings. The van der Waals surface area contributed by atoms with E-state index in [0.29, 0.717) is 30.7 Å². The van der Waals surface area contributed by atoms with Gasteiger partial charge in [-0.05, 0) is 46.8 Å². The number of hydrogen-bond donors (Lipinski definition) is 2. The molecule has 6 nitrogen and oxygen atoms in total. The molecule has 2 heterocycles. The van der Waals surface area contributed by atoms with Crippen LogP contribution in [-0.4, -0.2) is 53.3 Å². The van der Waals surface area contributed by atoms with E-state index in [1.54, 1.807) is 23.2 Å². The van der Waals surface area contributed by atoms with E-state index < -0.39 is 0 Å². The van der Waals surface area contributed by atoms with Crippen molar-refractivity contribution in [2.24, 2.45) is 0 Å². The van der Waals surface area contributed by atoms with Crippen molar-refractivity contribution in [3.8, 4) is 11.1 Å². The number of aliphatic hydroxyl groups is 1. The second-order valence-corrected chi connectivity index (χ2v) is 6.60. The maximum atomic E-state index is 12.9. The Balaban J connectivity index is 1.68. The third kappa shape index (κ3) is 3.37. The first-order valence-corrected chi connectivity index (χ1v) is 8.89. The highest BCUT2D eigenvalue weighted by Gasteiger charge is 2.27. The minimum atomic E-state index is -0.317. The lowest BCUT2D eigenvalue weighted by atomic mass is 10.00. The topological polar surface area (TPSA) is 82.6 Å². The predicted octanol–water partition coefficient (Wildman–Crippen LogP) is 2.03. The van der Waals surface area contributed by atoms with E-state index >= 15 is 0 Å². The number of hydrogen-bond acceptors (Lipinski definition) is 4. The van der Waals surface area contributed by atoms with Crippen LogP contribution in [0, 0.1) is 0 Å². The minimum Gasteiger partial charge on any atom is -0.394 e. The fourth-order valence-electron chi connectivity index (χ4n) is 3.44. The molecule has 6 heteroatoms. The molecule has 0 bridgehead atoms. The van der Waals surface area contributed by atoms with E-state index in [-0.39, 0.29) is 24.1 Å². The SMILES string of the molecule is O=C(c1cccc(-c2ccc3c(=O)[nH]ccc3c2)c1)N1CCOCC1CO. The lowest BCUT2D eigenvalue weighted by molar-refractivity contribution is -0.0183. The largest absolute Gasteiger partial charge is 0.394 e. The van der Waals surface area contributed by atoms with Crippen LogP contribution in [0.25, 0.3) is 21.9 Å². The summed E-state index contributed by atoms with van der Waals surface area (Å²) in [6, 6.07) is 14.6. The number of aromatic amines is 1. The van der Waals surface area contributed by atoms with E-state index in [1.165, 1.54) is 0 Å². The van der Waals surface area contributed by atoms with E-state index in [9.17, 15) is 14.7 Å². The number of fused-ring (bicyclic) bond motifs is 1. The molecule has 1 fully saturated rings. The molecule has 0 saturated carbocycles. The summed E-state index contributed by atoms with van der Waals surface area (Å²) in [4.78, 5) is 29.1. The summed E-state index contributed by atoms with van der Waals surface area (Å²) >= 11 is 0. The van der Waals surface area contributed by atoms with Crippen LogP contribution in [0.5, 0.6) is 0 Å². The molecule has 1 atom stereocenters. The van der Waals surface area contributed by atoms with Crippen LogP contribution in [0.15, 0.2) is 59.5 Å². The average Bonchev–Trinajstić information content (AvgIpc) is 2.73. The lowest BCUT2D eigenvalue weighted by Gasteiger charge is -2.34. The molecule has 2 N–H and O–H groups in total. The summed E-state index contributed by atoms with van der Waals surface area (Å²) < 4.78 is 5.35.